The van der Waals surface area contributed by atoms with Crippen LogP contribution in [0.1, 0.15) is 24.2 Å². The lowest BCUT2D eigenvalue weighted by atomic mass is 10.1. The number of aromatic nitrogens is 1. The minimum atomic E-state index is -0.383. The Balaban J connectivity index is 2.36. The first kappa shape index (κ1) is 19.5. The number of anilines is 2. The van der Waals surface area contributed by atoms with Gasteiger partial charge in [-0.3, -0.25) is 0 Å². The van der Waals surface area contributed by atoms with Crippen molar-refractivity contribution in [1.29, 1.82) is 0 Å². The predicted molar refractivity (Wildman–Crippen MR) is 109 cm³/mol. The van der Waals surface area contributed by atoms with E-state index in [-0.39, 0.29) is 5.97 Å². The molecule has 0 fully saturated rings. The summed E-state index contributed by atoms with van der Waals surface area (Å²) in [5.41, 5.74) is 2.85. The van der Waals surface area contributed by atoms with E-state index in [2.05, 4.69) is 5.32 Å². The maximum Gasteiger partial charge on any atom is 0.346 e. The first-order valence-electron chi connectivity index (χ1n) is 9.24. The molecule has 0 spiro atoms. The van der Waals surface area contributed by atoms with E-state index in [0.29, 0.717) is 35.9 Å². The number of ether oxygens (including phenoxy) is 3. The first-order chi connectivity index (χ1) is 13.6. The molecule has 146 valence electrons. The number of fused-ring (bicyclic) bond motifs is 1. The molecule has 0 radical (unpaired) electrons. The Labute approximate surface area is 164 Å². The molecule has 6 nitrogen and oxygen atoms in total. The monoisotopic (exact) mass is 381 g/mol. The van der Waals surface area contributed by atoms with Crippen LogP contribution in [0, 0.1) is 0 Å². The smallest absolute Gasteiger partial charge is 0.346 e. The molecule has 0 amide bonds. The zero-order valence-corrected chi connectivity index (χ0v) is 16.6. The van der Waals surface area contributed by atoms with Gasteiger partial charge in [-0.15, -0.1) is 0 Å². The third-order valence-electron chi connectivity index (χ3n) is 4.49. The summed E-state index contributed by atoms with van der Waals surface area (Å²) in [6, 6.07) is 13.4. The van der Waals surface area contributed by atoms with Gasteiger partial charge in [-0.2, -0.15) is 4.57 Å². The molecule has 1 N–H and O–H groups in total. The van der Waals surface area contributed by atoms with E-state index in [9.17, 15) is 4.79 Å². The number of pyridine rings is 1. The van der Waals surface area contributed by atoms with Crippen LogP contribution in [0.3, 0.4) is 0 Å². The van der Waals surface area contributed by atoms with Crippen molar-refractivity contribution in [2.45, 2.75) is 20.4 Å². The number of rotatable bonds is 7. The van der Waals surface area contributed by atoms with Crippen molar-refractivity contribution in [3.05, 3.63) is 54.2 Å². The van der Waals surface area contributed by atoms with E-state index < -0.39 is 0 Å². The molecule has 1 heterocycles. The predicted octanol–water partition coefficient (Wildman–Crippen LogP) is 4.08. The van der Waals surface area contributed by atoms with Gasteiger partial charge in [0.15, 0.2) is 11.9 Å². The van der Waals surface area contributed by atoms with Crippen LogP contribution in [0.15, 0.2) is 48.7 Å². The molecule has 0 unspecified atom stereocenters. The summed E-state index contributed by atoms with van der Waals surface area (Å²) in [6.45, 7) is 4.78. The molecule has 0 aliphatic heterocycles. The van der Waals surface area contributed by atoms with Crippen LogP contribution < -0.4 is 19.4 Å². The van der Waals surface area contributed by atoms with Gasteiger partial charge in [0.25, 0.3) is 5.52 Å². The Morgan fingerprint density at radius 1 is 1.07 bits per heavy atom. The molecule has 0 aliphatic carbocycles. The molecule has 3 aromatic rings. The second-order valence-corrected chi connectivity index (χ2v) is 6.14. The highest BCUT2D eigenvalue weighted by molar-refractivity contribution is 6.06. The third kappa shape index (κ3) is 3.71. The highest BCUT2D eigenvalue weighted by Crippen LogP contribution is 2.36. The van der Waals surface area contributed by atoms with Gasteiger partial charge in [0, 0.05) is 11.8 Å². The number of para-hydroxylation sites is 1. The number of nitrogens with one attached hydrogen (secondary N) is 1. The number of esters is 1. The molecule has 0 atom stereocenters. The van der Waals surface area contributed by atoms with Crippen molar-refractivity contribution < 1.29 is 23.6 Å². The summed E-state index contributed by atoms with van der Waals surface area (Å²) in [7, 11) is 3.23. The minimum absolute atomic E-state index is 0.301. The summed E-state index contributed by atoms with van der Waals surface area (Å²) in [5.74, 6) is 0.929. The molecule has 2 aromatic carbocycles. The Hall–Kier alpha value is -3.28. The van der Waals surface area contributed by atoms with Gasteiger partial charge in [-0.1, -0.05) is 18.2 Å². The lowest BCUT2D eigenvalue weighted by molar-refractivity contribution is -0.668. The van der Waals surface area contributed by atoms with Crippen molar-refractivity contribution in [3.63, 3.8) is 0 Å². The SMILES string of the molecule is CCOC(=O)c1c[n+](CC)c2c(OC)cc(OC)cc2c1Nc1ccccc1. The summed E-state index contributed by atoms with van der Waals surface area (Å²) in [6.07, 6.45) is 1.81. The van der Waals surface area contributed by atoms with Crippen LogP contribution in [0.5, 0.6) is 11.5 Å². The summed E-state index contributed by atoms with van der Waals surface area (Å²) < 4.78 is 18.4. The fraction of sp³-hybridized carbons (Fsp3) is 0.273. The van der Waals surface area contributed by atoms with E-state index in [1.807, 2.05) is 54.0 Å². The van der Waals surface area contributed by atoms with Crippen LogP contribution in [0.4, 0.5) is 11.4 Å². The summed E-state index contributed by atoms with van der Waals surface area (Å²) >= 11 is 0. The van der Waals surface area contributed by atoms with Crippen molar-refractivity contribution >= 4 is 28.2 Å². The molecule has 3 rings (SSSR count). The Kier molecular flexibility index (Phi) is 5.99. The van der Waals surface area contributed by atoms with E-state index in [0.717, 1.165) is 16.6 Å². The van der Waals surface area contributed by atoms with Crippen LogP contribution in [-0.2, 0) is 11.3 Å². The Bertz CT molecular complexity index is 987. The molecular formula is C22H25N2O4+. The molecular weight excluding hydrogens is 356 g/mol. The number of nitrogens with zero attached hydrogens (tertiary/aromatic N) is 1. The highest BCUT2D eigenvalue weighted by atomic mass is 16.5. The van der Waals surface area contributed by atoms with Crippen LogP contribution in [-0.4, -0.2) is 26.8 Å². The normalized spacial score (nSPS) is 10.6. The van der Waals surface area contributed by atoms with E-state index in [4.69, 9.17) is 14.2 Å². The Morgan fingerprint density at radius 3 is 2.43 bits per heavy atom. The van der Waals surface area contributed by atoms with E-state index >= 15 is 0 Å². The van der Waals surface area contributed by atoms with Crippen LogP contribution >= 0.6 is 0 Å². The van der Waals surface area contributed by atoms with Crippen LogP contribution in [0.25, 0.3) is 10.9 Å². The largest absolute Gasteiger partial charge is 0.497 e. The average molecular weight is 381 g/mol. The minimum Gasteiger partial charge on any atom is -0.497 e. The number of benzene rings is 2. The standard InChI is InChI=1S/C22H24N2O4/c1-5-24-14-18(22(25)28-6-2)20(23-15-10-8-7-9-11-15)17-12-16(26-3)13-19(27-4)21(17)24/h7-14H,5-6H2,1-4H3/p+1. The maximum atomic E-state index is 12.7. The average Bonchev–Trinajstić information content (AvgIpc) is 2.73. The molecule has 0 saturated carbocycles. The Morgan fingerprint density at radius 2 is 1.82 bits per heavy atom. The van der Waals surface area contributed by atoms with Gasteiger partial charge in [0.2, 0.25) is 0 Å². The quantitative estimate of drug-likeness (QED) is 0.493. The van der Waals surface area contributed by atoms with Gasteiger partial charge in [0.05, 0.1) is 31.9 Å². The molecule has 6 heteroatoms. The fourth-order valence-electron chi connectivity index (χ4n) is 3.19. The highest BCUT2D eigenvalue weighted by Gasteiger charge is 2.27. The summed E-state index contributed by atoms with van der Waals surface area (Å²) in [4.78, 5) is 12.7. The molecule has 28 heavy (non-hydrogen) atoms. The number of hydrogen-bond donors (Lipinski definition) is 1. The number of aryl methyl sites for hydroxylation is 1. The number of hydrogen-bond acceptors (Lipinski definition) is 5. The second-order valence-electron chi connectivity index (χ2n) is 6.14. The molecule has 0 bridgehead atoms. The number of carbonyl (C=O) groups is 1. The second kappa shape index (κ2) is 8.61. The van der Waals surface area contributed by atoms with Crippen LogP contribution in [0.2, 0.25) is 0 Å². The van der Waals surface area contributed by atoms with Gasteiger partial charge in [0.1, 0.15) is 17.9 Å². The fourth-order valence-corrected chi connectivity index (χ4v) is 3.19. The first-order valence-corrected chi connectivity index (χ1v) is 9.24. The topological polar surface area (TPSA) is 60.7 Å². The number of methoxy groups -OCH3 is 2. The maximum absolute atomic E-state index is 12.7. The lowest BCUT2D eigenvalue weighted by Gasteiger charge is -2.16. The molecule has 1 aromatic heterocycles. The zero-order chi connectivity index (χ0) is 20.1. The van der Waals surface area contributed by atoms with Gasteiger partial charge in [-0.05, 0) is 32.0 Å². The van der Waals surface area contributed by atoms with E-state index in [1.54, 1.807) is 27.3 Å². The van der Waals surface area contributed by atoms with Gasteiger partial charge in [-0.25, -0.2) is 4.79 Å². The van der Waals surface area contributed by atoms with Crippen molar-refractivity contribution in [2.75, 3.05) is 26.1 Å². The van der Waals surface area contributed by atoms with Crippen molar-refractivity contribution in [3.8, 4) is 11.5 Å². The van der Waals surface area contributed by atoms with Crippen molar-refractivity contribution in [2.24, 2.45) is 0 Å². The third-order valence-corrected chi connectivity index (χ3v) is 4.49. The zero-order valence-electron chi connectivity index (χ0n) is 16.6. The van der Waals surface area contributed by atoms with E-state index in [1.165, 1.54) is 0 Å². The van der Waals surface area contributed by atoms with Crippen molar-refractivity contribution in [1.82, 2.24) is 0 Å². The molecule has 0 aliphatic rings. The number of carbonyl (C=O) groups excluding carboxylic acids is 1. The lowest BCUT2D eigenvalue weighted by Crippen LogP contribution is -2.35. The molecule has 0 saturated heterocycles. The summed E-state index contributed by atoms with van der Waals surface area (Å²) in [5, 5.41) is 4.20. The van der Waals surface area contributed by atoms with Gasteiger partial charge < -0.3 is 19.5 Å². The van der Waals surface area contributed by atoms with Gasteiger partial charge >= 0.3 is 5.97 Å².